The van der Waals surface area contributed by atoms with Gasteiger partial charge in [0.15, 0.2) is 0 Å². The fourth-order valence-electron chi connectivity index (χ4n) is 3.04. The van der Waals surface area contributed by atoms with E-state index in [-0.39, 0.29) is 5.82 Å². The predicted octanol–water partition coefficient (Wildman–Crippen LogP) is 3.83. The molecule has 0 amide bonds. The number of hydrogen-bond donors (Lipinski definition) is 1. The number of benzene rings is 1. The molecule has 4 nitrogen and oxygen atoms in total. The van der Waals surface area contributed by atoms with Gasteiger partial charge in [-0.05, 0) is 55.7 Å². The molecule has 0 bridgehead atoms. The Balaban J connectivity index is 1.96. The number of nitrogens with one attached hydrogen (secondary N) is 1. The first-order chi connectivity index (χ1) is 12.6. The average Bonchev–Trinajstić information content (AvgIpc) is 3.09. The van der Waals surface area contributed by atoms with Crippen LogP contribution >= 0.6 is 0 Å². The number of hydrogen-bond acceptors (Lipinski definition) is 3. The van der Waals surface area contributed by atoms with Crippen LogP contribution in [0.25, 0.3) is 11.3 Å². The van der Waals surface area contributed by atoms with Gasteiger partial charge >= 0.3 is 0 Å². The van der Waals surface area contributed by atoms with E-state index < -0.39 is 5.79 Å². The van der Waals surface area contributed by atoms with E-state index in [0.29, 0.717) is 23.4 Å². The molecule has 26 heavy (non-hydrogen) atoms. The van der Waals surface area contributed by atoms with Crippen LogP contribution in [0, 0.1) is 5.82 Å². The van der Waals surface area contributed by atoms with E-state index in [1.54, 1.807) is 41.4 Å². The number of allylic oxidation sites excluding steroid dienone is 2. The topological polar surface area (TPSA) is 33.1 Å². The lowest BCUT2D eigenvalue weighted by Crippen LogP contribution is -2.34. The van der Waals surface area contributed by atoms with E-state index in [0.717, 1.165) is 19.6 Å². The quantitative estimate of drug-likeness (QED) is 0.764. The summed E-state index contributed by atoms with van der Waals surface area (Å²) in [6.45, 7) is 7.63. The summed E-state index contributed by atoms with van der Waals surface area (Å²) in [4.78, 5) is 2.28. The number of halogens is 2. The summed E-state index contributed by atoms with van der Waals surface area (Å²) < 4.78 is 30.5. The highest BCUT2D eigenvalue weighted by Gasteiger charge is 2.34. The summed E-state index contributed by atoms with van der Waals surface area (Å²) in [5.74, 6) is -2.17. The highest BCUT2D eigenvalue weighted by atomic mass is 19.1. The maximum Gasteiger partial charge on any atom is 0.228 e. The van der Waals surface area contributed by atoms with Crippen LogP contribution in [-0.2, 0) is 12.3 Å². The number of nitrogens with zero attached hydrogens (tertiary/aromatic N) is 3. The van der Waals surface area contributed by atoms with Crippen molar-refractivity contribution in [2.24, 2.45) is 0 Å². The number of aromatic nitrogens is 2. The standard InChI is InChI=1S/C20H24F2N4/c1-3-25(4-2)13-14-26-15-18(20(22)11-5-6-12-23-20)19(24-26)16-7-9-17(21)10-8-16/h5-12,15,23H,3-4,13-14H2,1-2H3. The van der Waals surface area contributed by atoms with Gasteiger partial charge in [0.05, 0.1) is 12.1 Å². The molecule has 0 saturated heterocycles. The zero-order valence-corrected chi connectivity index (χ0v) is 15.1. The zero-order chi connectivity index (χ0) is 18.6. The summed E-state index contributed by atoms with van der Waals surface area (Å²) in [5.41, 5.74) is 1.62. The van der Waals surface area contributed by atoms with Gasteiger partial charge in [-0.25, -0.2) is 8.78 Å². The minimum atomic E-state index is -1.84. The number of dihydropyridines is 1. The van der Waals surface area contributed by atoms with Crippen LogP contribution in [0.4, 0.5) is 8.78 Å². The molecule has 138 valence electrons. The Morgan fingerprint density at radius 2 is 1.88 bits per heavy atom. The van der Waals surface area contributed by atoms with Gasteiger partial charge in [-0.15, -0.1) is 0 Å². The van der Waals surface area contributed by atoms with Crippen LogP contribution in [0.3, 0.4) is 0 Å². The molecular weight excluding hydrogens is 334 g/mol. The van der Waals surface area contributed by atoms with Crippen molar-refractivity contribution in [1.82, 2.24) is 20.0 Å². The second-order valence-electron chi connectivity index (χ2n) is 6.26. The van der Waals surface area contributed by atoms with E-state index in [9.17, 15) is 4.39 Å². The second-order valence-corrected chi connectivity index (χ2v) is 6.26. The SMILES string of the molecule is CCN(CC)CCn1cc(C2(F)C=CC=CN2)c(-c2ccc(F)cc2)n1. The molecule has 0 saturated carbocycles. The van der Waals surface area contributed by atoms with Crippen molar-refractivity contribution < 1.29 is 8.78 Å². The molecule has 1 aliphatic heterocycles. The highest BCUT2D eigenvalue weighted by molar-refractivity contribution is 5.64. The number of likely N-dealkylation sites (N-methyl/N-ethyl adjacent to an activating group) is 1. The Morgan fingerprint density at radius 1 is 1.15 bits per heavy atom. The molecule has 0 spiro atoms. The molecule has 2 aromatic rings. The fourth-order valence-corrected chi connectivity index (χ4v) is 3.04. The Labute approximate surface area is 152 Å². The molecular formula is C20H24F2N4. The van der Waals surface area contributed by atoms with Gasteiger partial charge < -0.3 is 10.2 Å². The van der Waals surface area contributed by atoms with E-state index in [1.165, 1.54) is 18.2 Å². The largest absolute Gasteiger partial charge is 0.353 e. The van der Waals surface area contributed by atoms with Crippen LogP contribution in [0.2, 0.25) is 0 Å². The minimum absolute atomic E-state index is 0.329. The Kier molecular flexibility index (Phi) is 5.52. The van der Waals surface area contributed by atoms with Crippen molar-refractivity contribution in [1.29, 1.82) is 0 Å². The van der Waals surface area contributed by atoms with Gasteiger partial charge in [-0.1, -0.05) is 19.9 Å². The lowest BCUT2D eigenvalue weighted by Gasteiger charge is -2.24. The summed E-state index contributed by atoms with van der Waals surface area (Å²) in [6.07, 6.45) is 8.17. The van der Waals surface area contributed by atoms with Gasteiger partial charge in [-0.2, -0.15) is 5.10 Å². The summed E-state index contributed by atoms with van der Waals surface area (Å²) in [5, 5.41) is 7.36. The van der Waals surface area contributed by atoms with Gasteiger partial charge in [0, 0.05) is 18.3 Å². The summed E-state index contributed by atoms with van der Waals surface area (Å²) in [7, 11) is 0. The highest BCUT2D eigenvalue weighted by Crippen LogP contribution is 2.34. The first-order valence-corrected chi connectivity index (χ1v) is 8.93. The third kappa shape index (κ3) is 3.85. The molecule has 1 aromatic heterocycles. The monoisotopic (exact) mass is 358 g/mol. The molecule has 1 N–H and O–H groups in total. The van der Waals surface area contributed by atoms with Gasteiger partial charge in [-0.3, -0.25) is 4.68 Å². The predicted molar refractivity (Wildman–Crippen MR) is 99.6 cm³/mol. The summed E-state index contributed by atoms with van der Waals surface area (Å²) >= 11 is 0. The third-order valence-corrected chi connectivity index (χ3v) is 4.64. The maximum atomic E-state index is 15.5. The van der Waals surface area contributed by atoms with Crippen LogP contribution in [0.15, 0.2) is 54.9 Å². The third-order valence-electron chi connectivity index (χ3n) is 4.64. The van der Waals surface area contributed by atoms with E-state index >= 15 is 4.39 Å². The Hall–Kier alpha value is -2.47. The van der Waals surface area contributed by atoms with Crippen molar-refractivity contribution in [2.45, 2.75) is 26.2 Å². The van der Waals surface area contributed by atoms with Crippen LogP contribution in [0.1, 0.15) is 19.4 Å². The zero-order valence-electron chi connectivity index (χ0n) is 15.1. The lowest BCUT2D eigenvalue weighted by atomic mass is 9.99. The molecule has 1 atom stereocenters. The molecule has 3 rings (SSSR count). The van der Waals surface area contributed by atoms with Gasteiger partial charge in [0.1, 0.15) is 11.5 Å². The van der Waals surface area contributed by atoms with Crippen molar-refractivity contribution in [3.63, 3.8) is 0 Å². The van der Waals surface area contributed by atoms with Crippen LogP contribution < -0.4 is 5.32 Å². The van der Waals surface area contributed by atoms with Gasteiger partial charge in [0.25, 0.3) is 0 Å². The second kappa shape index (κ2) is 7.83. The van der Waals surface area contributed by atoms with E-state index in [1.807, 2.05) is 0 Å². The van der Waals surface area contributed by atoms with Crippen LogP contribution in [0.5, 0.6) is 0 Å². The normalized spacial score (nSPS) is 19.1. The lowest BCUT2D eigenvalue weighted by molar-refractivity contribution is 0.200. The van der Waals surface area contributed by atoms with E-state index in [2.05, 4.69) is 29.2 Å². The molecule has 1 aliphatic rings. The molecule has 6 heteroatoms. The van der Waals surface area contributed by atoms with Crippen LogP contribution in [-0.4, -0.2) is 34.3 Å². The number of alkyl halides is 1. The van der Waals surface area contributed by atoms with Crippen molar-refractivity contribution in [3.8, 4) is 11.3 Å². The van der Waals surface area contributed by atoms with Crippen molar-refractivity contribution >= 4 is 0 Å². The Bertz CT molecular complexity index is 791. The smallest absolute Gasteiger partial charge is 0.228 e. The minimum Gasteiger partial charge on any atom is -0.353 e. The molecule has 0 radical (unpaired) electrons. The van der Waals surface area contributed by atoms with Crippen molar-refractivity contribution in [3.05, 3.63) is 66.3 Å². The molecule has 0 fully saturated rings. The first-order valence-electron chi connectivity index (χ1n) is 8.93. The molecule has 1 unspecified atom stereocenters. The van der Waals surface area contributed by atoms with E-state index in [4.69, 9.17) is 0 Å². The molecule has 1 aromatic carbocycles. The fraction of sp³-hybridized carbons (Fsp3) is 0.350. The molecule has 0 aliphatic carbocycles. The Morgan fingerprint density at radius 3 is 2.50 bits per heavy atom. The number of rotatable bonds is 7. The maximum absolute atomic E-state index is 15.5. The van der Waals surface area contributed by atoms with Gasteiger partial charge in [0.2, 0.25) is 5.79 Å². The average molecular weight is 358 g/mol. The first kappa shape index (κ1) is 18.3. The van der Waals surface area contributed by atoms with Crippen molar-refractivity contribution in [2.75, 3.05) is 19.6 Å². The molecule has 2 heterocycles. The summed E-state index contributed by atoms with van der Waals surface area (Å²) in [6, 6.07) is 5.98.